The molecule has 0 spiro atoms. The zero-order valence-corrected chi connectivity index (χ0v) is 21.3. The van der Waals surface area contributed by atoms with Crippen LogP contribution in [0.25, 0.3) is 22.4 Å². The maximum atomic E-state index is 12.6. The fraction of sp³-hybridized carbons (Fsp3) is 0.393. The average Bonchev–Trinajstić information content (AvgIpc) is 3.60. The zero-order valence-electron chi connectivity index (χ0n) is 21.3. The third-order valence-corrected chi connectivity index (χ3v) is 6.82. The van der Waals surface area contributed by atoms with Crippen LogP contribution < -0.4 is 10.2 Å². The van der Waals surface area contributed by atoms with Gasteiger partial charge in [-0.1, -0.05) is 18.9 Å². The number of anilines is 1. The Bertz CT molecular complexity index is 1450. The molecule has 3 aromatic heterocycles. The van der Waals surface area contributed by atoms with Gasteiger partial charge in [0.05, 0.1) is 35.9 Å². The molecular formula is C28H29F3N6O. The molecule has 0 saturated carbocycles. The molecule has 1 N–H and O–H groups in total. The molecule has 38 heavy (non-hydrogen) atoms. The van der Waals surface area contributed by atoms with Gasteiger partial charge in [-0.25, -0.2) is 15.0 Å². The fourth-order valence-electron chi connectivity index (χ4n) is 4.96. The van der Waals surface area contributed by atoms with Crippen molar-refractivity contribution in [1.29, 1.82) is 0 Å². The second-order valence-corrected chi connectivity index (χ2v) is 9.57. The molecule has 1 aromatic carbocycles. The van der Waals surface area contributed by atoms with E-state index in [1.165, 1.54) is 0 Å². The number of hydrogen-bond donors (Lipinski definition) is 1. The van der Waals surface area contributed by atoms with Crippen molar-refractivity contribution < 1.29 is 17.6 Å². The van der Waals surface area contributed by atoms with Gasteiger partial charge in [-0.2, -0.15) is 13.2 Å². The van der Waals surface area contributed by atoms with Crippen molar-refractivity contribution in [3.63, 3.8) is 0 Å². The predicted molar refractivity (Wildman–Crippen MR) is 140 cm³/mol. The lowest BCUT2D eigenvalue weighted by Crippen LogP contribution is -2.34. The molecule has 0 bridgehead atoms. The third kappa shape index (κ3) is 5.38. The highest BCUT2D eigenvalue weighted by Gasteiger charge is 2.30. The van der Waals surface area contributed by atoms with E-state index in [-0.39, 0.29) is 12.6 Å². The van der Waals surface area contributed by atoms with E-state index < -0.39 is 12.7 Å². The van der Waals surface area contributed by atoms with Gasteiger partial charge >= 0.3 is 6.18 Å². The highest BCUT2D eigenvalue weighted by Crippen LogP contribution is 2.31. The number of aromatic nitrogens is 4. The van der Waals surface area contributed by atoms with Gasteiger partial charge in [0.25, 0.3) is 0 Å². The molecule has 0 amide bonds. The normalized spacial score (nSPS) is 17.8. The van der Waals surface area contributed by atoms with E-state index in [1.54, 1.807) is 12.5 Å². The smallest absolute Gasteiger partial charge is 0.401 e. The van der Waals surface area contributed by atoms with E-state index in [4.69, 9.17) is 20.8 Å². The Morgan fingerprint density at radius 2 is 2.03 bits per heavy atom. The Labute approximate surface area is 219 Å². The van der Waals surface area contributed by atoms with Gasteiger partial charge in [0.2, 0.25) is 0 Å². The van der Waals surface area contributed by atoms with E-state index in [9.17, 15) is 13.2 Å². The molecule has 198 valence electrons. The maximum absolute atomic E-state index is 12.6. The van der Waals surface area contributed by atoms with E-state index in [0.717, 1.165) is 35.4 Å². The number of oxazole rings is 1. The summed E-state index contributed by atoms with van der Waals surface area (Å²) in [4.78, 5) is 16.3. The summed E-state index contributed by atoms with van der Waals surface area (Å²) in [6.07, 6.45) is 7.56. The van der Waals surface area contributed by atoms with Crippen LogP contribution in [0.1, 0.15) is 43.8 Å². The van der Waals surface area contributed by atoms with E-state index in [2.05, 4.69) is 28.0 Å². The Hall–Kier alpha value is -3.84. The quantitative estimate of drug-likeness (QED) is 0.315. The summed E-state index contributed by atoms with van der Waals surface area (Å²) in [5.41, 5.74) is 3.79. The van der Waals surface area contributed by atoms with E-state index in [1.807, 2.05) is 41.8 Å². The molecule has 1 fully saturated rings. The van der Waals surface area contributed by atoms with Gasteiger partial charge in [-0.3, -0.25) is 0 Å². The number of alkyl halides is 3. The molecule has 2 atom stereocenters. The summed E-state index contributed by atoms with van der Waals surface area (Å²) in [6.45, 7) is 3.58. The van der Waals surface area contributed by atoms with Gasteiger partial charge in [-0.15, -0.1) is 6.42 Å². The van der Waals surface area contributed by atoms with Crippen molar-refractivity contribution in [3.8, 4) is 23.7 Å². The number of nitrogens with one attached hydrogen (secondary N) is 1. The minimum absolute atomic E-state index is 0.0252. The lowest BCUT2D eigenvalue weighted by atomic mass is 10.2. The first kappa shape index (κ1) is 25.8. The van der Waals surface area contributed by atoms with Crippen LogP contribution in [0.2, 0.25) is 0 Å². The third-order valence-electron chi connectivity index (χ3n) is 6.82. The first-order valence-electron chi connectivity index (χ1n) is 12.7. The minimum atomic E-state index is -4.26. The molecule has 10 heteroatoms. The van der Waals surface area contributed by atoms with Crippen molar-refractivity contribution >= 4 is 16.9 Å². The number of imidazole rings is 1. The SMILES string of the molecule is C#C[C@H]1CC[C@H](C)N1c1ccc(-c2nc3cc(CNCC(F)(F)F)ccc3n2Cc2coc(CC)n2)cn1. The number of halogens is 3. The summed E-state index contributed by atoms with van der Waals surface area (Å²) in [7, 11) is 0. The van der Waals surface area contributed by atoms with Crippen LogP contribution in [0.3, 0.4) is 0 Å². The Kier molecular flexibility index (Phi) is 7.13. The Morgan fingerprint density at radius 1 is 1.18 bits per heavy atom. The largest absolute Gasteiger partial charge is 0.449 e. The van der Waals surface area contributed by atoms with Crippen molar-refractivity contribution in [3.05, 3.63) is 59.9 Å². The van der Waals surface area contributed by atoms with Crippen LogP contribution in [0, 0.1) is 12.3 Å². The molecule has 1 aliphatic heterocycles. The number of nitrogens with zero attached hydrogens (tertiary/aromatic N) is 5. The van der Waals surface area contributed by atoms with E-state index >= 15 is 0 Å². The lowest BCUT2D eigenvalue weighted by Gasteiger charge is -2.26. The number of fused-ring (bicyclic) bond motifs is 1. The highest BCUT2D eigenvalue weighted by molar-refractivity contribution is 5.81. The summed E-state index contributed by atoms with van der Waals surface area (Å²) < 4.78 is 45.3. The Balaban J connectivity index is 1.49. The summed E-state index contributed by atoms with van der Waals surface area (Å²) >= 11 is 0. The molecule has 7 nitrogen and oxygen atoms in total. The van der Waals surface area contributed by atoms with Gasteiger partial charge in [0.15, 0.2) is 5.89 Å². The van der Waals surface area contributed by atoms with Gasteiger partial charge in [0, 0.05) is 30.8 Å². The molecular weight excluding hydrogens is 493 g/mol. The summed E-state index contributed by atoms with van der Waals surface area (Å²) in [5.74, 6) is 5.02. The van der Waals surface area contributed by atoms with Crippen molar-refractivity contribution in [1.82, 2.24) is 24.8 Å². The van der Waals surface area contributed by atoms with Gasteiger partial charge in [0.1, 0.15) is 17.9 Å². The second-order valence-electron chi connectivity index (χ2n) is 9.57. The first-order valence-corrected chi connectivity index (χ1v) is 12.7. The van der Waals surface area contributed by atoms with Crippen LogP contribution in [-0.2, 0) is 19.5 Å². The van der Waals surface area contributed by atoms with Crippen molar-refractivity contribution in [2.45, 2.75) is 64.5 Å². The molecule has 0 unspecified atom stereocenters. The maximum Gasteiger partial charge on any atom is 0.401 e. The number of pyridine rings is 1. The Morgan fingerprint density at radius 3 is 2.71 bits per heavy atom. The van der Waals surface area contributed by atoms with Crippen LogP contribution in [-0.4, -0.2) is 44.3 Å². The van der Waals surface area contributed by atoms with Crippen LogP contribution in [0.15, 0.2) is 47.2 Å². The number of rotatable bonds is 8. The average molecular weight is 523 g/mol. The minimum Gasteiger partial charge on any atom is -0.449 e. The van der Waals surface area contributed by atoms with Crippen molar-refractivity contribution in [2.75, 3.05) is 11.4 Å². The van der Waals surface area contributed by atoms with Crippen LogP contribution in [0.5, 0.6) is 0 Å². The predicted octanol–water partition coefficient (Wildman–Crippen LogP) is 5.34. The van der Waals surface area contributed by atoms with Crippen LogP contribution in [0.4, 0.5) is 19.0 Å². The first-order chi connectivity index (χ1) is 18.3. The molecule has 0 aliphatic carbocycles. The number of benzene rings is 1. The molecule has 0 radical (unpaired) electrons. The van der Waals surface area contributed by atoms with Crippen LogP contribution >= 0.6 is 0 Å². The fourth-order valence-corrected chi connectivity index (χ4v) is 4.96. The summed E-state index contributed by atoms with van der Waals surface area (Å²) in [5, 5.41) is 2.44. The number of aryl methyl sites for hydroxylation is 1. The topological polar surface area (TPSA) is 72.0 Å². The zero-order chi connectivity index (χ0) is 26.9. The highest BCUT2D eigenvalue weighted by atomic mass is 19.4. The summed E-state index contributed by atoms with van der Waals surface area (Å²) in [6, 6.07) is 9.77. The molecule has 1 aliphatic rings. The lowest BCUT2D eigenvalue weighted by molar-refractivity contribution is -0.125. The van der Waals surface area contributed by atoms with Gasteiger partial charge in [-0.05, 0) is 49.6 Å². The standard InChI is InChI=1S/C28H29F3N6O/c1-4-22-9-6-18(3)37(22)25-11-8-20(14-33-25)27-35-23-12-19(13-32-17-28(29,30)31)7-10-24(23)36(27)15-21-16-38-26(5-2)34-21/h1,7-8,10-12,14,16,18,22,32H,5-6,9,13,15,17H2,2-3H3/t18-,22-/m0/s1. The molecule has 5 rings (SSSR count). The van der Waals surface area contributed by atoms with Crippen molar-refractivity contribution in [2.24, 2.45) is 0 Å². The van der Waals surface area contributed by atoms with Gasteiger partial charge < -0.3 is 19.2 Å². The molecule has 4 heterocycles. The molecule has 1 saturated heterocycles. The van der Waals surface area contributed by atoms with E-state index in [0.29, 0.717) is 41.8 Å². The number of hydrogen-bond acceptors (Lipinski definition) is 6. The number of terminal acetylenes is 1. The molecule has 4 aromatic rings. The monoisotopic (exact) mass is 522 g/mol. The second kappa shape index (κ2) is 10.5.